The van der Waals surface area contributed by atoms with E-state index in [0.717, 1.165) is 35.4 Å². The molecule has 2 aromatic rings. The maximum Gasteiger partial charge on any atom is 0.416 e. The van der Waals surface area contributed by atoms with Crippen LogP contribution in [0.4, 0.5) is 26.3 Å². The van der Waals surface area contributed by atoms with Gasteiger partial charge in [0, 0.05) is 6.42 Å². The predicted octanol–water partition coefficient (Wildman–Crippen LogP) is 6.77. The molecule has 0 aromatic heterocycles. The quantitative estimate of drug-likeness (QED) is 0.444. The zero-order valence-corrected chi connectivity index (χ0v) is 16.1. The Balaban J connectivity index is 1.95. The van der Waals surface area contributed by atoms with Gasteiger partial charge in [-0.3, -0.25) is 4.79 Å². The van der Waals surface area contributed by atoms with E-state index >= 15 is 0 Å². The molecule has 0 fully saturated rings. The van der Waals surface area contributed by atoms with Crippen LogP contribution in [0.25, 0.3) is 0 Å². The summed E-state index contributed by atoms with van der Waals surface area (Å²) in [5, 5.41) is 8.93. The van der Waals surface area contributed by atoms with Crippen LogP contribution < -0.4 is 0 Å². The lowest BCUT2D eigenvalue weighted by Crippen LogP contribution is -2.09. The highest BCUT2D eigenvalue weighted by Gasteiger charge is 2.30. The number of hydrogen-bond acceptors (Lipinski definition) is 1. The molecule has 0 aliphatic carbocycles. The van der Waals surface area contributed by atoms with Gasteiger partial charge in [-0.15, -0.1) is 0 Å². The molecule has 0 heterocycles. The fourth-order valence-corrected chi connectivity index (χ4v) is 3.22. The summed E-state index contributed by atoms with van der Waals surface area (Å²) in [5.74, 6) is -0.949. The Hall–Kier alpha value is -2.51. The first-order valence-corrected chi connectivity index (χ1v) is 9.49. The zero-order valence-electron chi connectivity index (χ0n) is 16.1. The fourth-order valence-electron chi connectivity index (χ4n) is 3.22. The summed E-state index contributed by atoms with van der Waals surface area (Å²) in [6, 6.07) is 9.71. The second kappa shape index (κ2) is 10.00. The molecule has 0 saturated heterocycles. The minimum absolute atomic E-state index is 0.00862. The van der Waals surface area contributed by atoms with E-state index in [1.54, 1.807) is 0 Å². The molecule has 0 radical (unpaired) electrons. The topological polar surface area (TPSA) is 37.3 Å². The van der Waals surface area contributed by atoms with E-state index in [9.17, 15) is 31.1 Å². The Kier molecular flexibility index (Phi) is 7.92. The Morgan fingerprint density at radius 3 is 1.37 bits per heavy atom. The molecular formula is C22H22F6O2. The molecule has 164 valence electrons. The van der Waals surface area contributed by atoms with Crippen molar-refractivity contribution in [2.75, 3.05) is 0 Å². The van der Waals surface area contributed by atoms with Crippen molar-refractivity contribution in [3.63, 3.8) is 0 Å². The number of carboxylic acid groups (broad SMARTS) is 1. The Labute approximate surface area is 170 Å². The summed E-state index contributed by atoms with van der Waals surface area (Å²) >= 11 is 0. The van der Waals surface area contributed by atoms with E-state index in [0.29, 0.717) is 32.1 Å². The van der Waals surface area contributed by atoms with Crippen molar-refractivity contribution in [3.05, 3.63) is 70.8 Å². The molecule has 8 heteroatoms. The number of aryl methyl sites for hydroxylation is 2. The van der Waals surface area contributed by atoms with Crippen molar-refractivity contribution in [1.82, 2.24) is 0 Å². The molecule has 2 nitrogen and oxygen atoms in total. The van der Waals surface area contributed by atoms with Crippen LogP contribution in [0.5, 0.6) is 0 Å². The monoisotopic (exact) mass is 432 g/mol. The number of aliphatic carboxylic acids is 1. The van der Waals surface area contributed by atoms with Gasteiger partial charge in [0.2, 0.25) is 0 Å². The first-order chi connectivity index (χ1) is 13.9. The molecule has 0 amide bonds. The van der Waals surface area contributed by atoms with E-state index in [1.165, 1.54) is 24.3 Å². The highest BCUT2D eigenvalue weighted by molar-refractivity contribution is 5.66. The van der Waals surface area contributed by atoms with Crippen LogP contribution in [0.2, 0.25) is 0 Å². The summed E-state index contributed by atoms with van der Waals surface area (Å²) in [6.45, 7) is 0. The molecule has 2 aromatic carbocycles. The fraction of sp³-hybridized carbons (Fsp3) is 0.409. The third-order valence-electron chi connectivity index (χ3n) is 5.01. The molecule has 0 spiro atoms. The van der Waals surface area contributed by atoms with Gasteiger partial charge in [-0.05, 0) is 73.4 Å². The van der Waals surface area contributed by atoms with Crippen LogP contribution in [0.1, 0.15) is 47.9 Å². The molecule has 1 N–H and O–H groups in total. The molecular weight excluding hydrogens is 410 g/mol. The van der Waals surface area contributed by atoms with E-state index in [-0.39, 0.29) is 12.3 Å². The van der Waals surface area contributed by atoms with Crippen molar-refractivity contribution in [1.29, 1.82) is 0 Å². The highest BCUT2D eigenvalue weighted by atomic mass is 19.4. The Bertz CT molecular complexity index is 746. The van der Waals surface area contributed by atoms with Gasteiger partial charge in [0.25, 0.3) is 0 Å². The van der Waals surface area contributed by atoms with Crippen LogP contribution in [-0.2, 0) is 30.0 Å². The smallest absolute Gasteiger partial charge is 0.416 e. The molecule has 0 aliphatic rings. The van der Waals surface area contributed by atoms with Crippen LogP contribution in [0.15, 0.2) is 48.5 Å². The predicted molar refractivity (Wildman–Crippen MR) is 99.9 cm³/mol. The van der Waals surface area contributed by atoms with Crippen molar-refractivity contribution in [3.8, 4) is 0 Å². The third-order valence-corrected chi connectivity index (χ3v) is 5.01. The molecule has 30 heavy (non-hydrogen) atoms. The Morgan fingerprint density at radius 2 is 1.07 bits per heavy atom. The van der Waals surface area contributed by atoms with Crippen molar-refractivity contribution in [2.24, 2.45) is 5.92 Å². The lowest BCUT2D eigenvalue weighted by atomic mass is 9.89. The second-order valence-corrected chi connectivity index (χ2v) is 7.27. The van der Waals surface area contributed by atoms with Crippen LogP contribution in [0, 0.1) is 5.92 Å². The molecule has 0 unspecified atom stereocenters. The number of halogens is 6. The normalized spacial score (nSPS) is 12.4. The standard InChI is InChI=1S/C22H22F6O2/c23-21(24,25)18-10-5-16(6-11-18)3-1-15(9-14-20(29)30)2-4-17-7-12-19(13-8-17)22(26,27)28/h5-8,10-13,15H,1-4,9,14H2,(H,29,30). The lowest BCUT2D eigenvalue weighted by Gasteiger charge is -2.17. The maximum absolute atomic E-state index is 12.6. The first kappa shape index (κ1) is 23.8. The minimum Gasteiger partial charge on any atom is -0.481 e. The van der Waals surface area contributed by atoms with Gasteiger partial charge in [-0.1, -0.05) is 24.3 Å². The average Bonchev–Trinajstić information content (AvgIpc) is 2.66. The maximum atomic E-state index is 12.6. The number of hydrogen-bond donors (Lipinski definition) is 1. The number of carboxylic acids is 1. The van der Waals surface area contributed by atoms with Gasteiger partial charge in [0.1, 0.15) is 0 Å². The van der Waals surface area contributed by atoms with Gasteiger partial charge in [0.05, 0.1) is 11.1 Å². The molecule has 0 atom stereocenters. The van der Waals surface area contributed by atoms with E-state index < -0.39 is 29.4 Å². The number of carbonyl (C=O) groups is 1. The minimum atomic E-state index is -4.40. The van der Waals surface area contributed by atoms with Gasteiger partial charge < -0.3 is 5.11 Å². The average molecular weight is 432 g/mol. The first-order valence-electron chi connectivity index (χ1n) is 9.49. The largest absolute Gasteiger partial charge is 0.481 e. The molecule has 0 aliphatic heterocycles. The van der Waals surface area contributed by atoms with Crippen LogP contribution in [0.3, 0.4) is 0 Å². The van der Waals surface area contributed by atoms with E-state index in [2.05, 4.69) is 0 Å². The summed E-state index contributed by atoms with van der Waals surface area (Å²) < 4.78 is 75.9. The van der Waals surface area contributed by atoms with Gasteiger partial charge in [-0.25, -0.2) is 0 Å². The van der Waals surface area contributed by atoms with Crippen molar-refractivity contribution >= 4 is 5.97 Å². The summed E-state index contributed by atoms with van der Waals surface area (Å²) in [7, 11) is 0. The Morgan fingerprint density at radius 1 is 0.700 bits per heavy atom. The number of alkyl halides is 6. The third kappa shape index (κ3) is 7.72. The summed E-state index contributed by atoms with van der Waals surface area (Å²) in [4.78, 5) is 10.9. The van der Waals surface area contributed by atoms with Gasteiger partial charge in [-0.2, -0.15) is 26.3 Å². The van der Waals surface area contributed by atoms with Crippen molar-refractivity contribution in [2.45, 2.75) is 50.9 Å². The van der Waals surface area contributed by atoms with Gasteiger partial charge in [0.15, 0.2) is 0 Å². The van der Waals surface area contributed by atoms with Crippen LogP contribution >= 0.6 is 0 Å². The molecule has 0 bridgehead atoms. The molecule has 2 rings (SSSR count). The number of rotatable bonds is 9. The van der Waals surface area contributed by atoms with E-state index in [4.69, 9.17) is 5.11 Å². The van der Waals surface area contributed by atoms with E-state index in [1.807, 2.05) is 0 Å². The lowest BCUT2D eigenvalue weighted by molar-refractivity contribution is -0.138. The summed E-state index contributed by atoms with van der Waals surface area (Å²) in [6.07, 6.45) is -6.28. The van der Waals surface area contributed by atoms with Crippen LogP contribution in [-0.4, -0.2) is 11.1 Å². The van der Waals surface area contributed by atoms with Gasteiger partial charge >= 0.3 is 18.3 Å². The van der Waals surface area contributed by atoms with Crippen molar-refractivity contribution < 1.29 is 36.2 Å². The second-order valence-electron chi connectivity index (χ2n) is 7.27. The molecule has 0 saturated carbocycles. The highest BCUT2D eigenvalue weighted by Crippen LogP contribution is 2.31. The summed E-state index contributed by atoms with van der Waals surface area (Å²) in [5.41, 5.74) is -0.0114. The number of benzene rings is 2. The SMILES string of the molecule is O=C(O)CCC(CCc1ccc(C(F)(F)F)cc1)CCc1ccc(C(F)(F)F)cc1. The zero-order chi connectivity index (χ0) is 22.4.